The van der Waals surface area contributed by atoms with Gasteiger partial charge in [0.25, 0.3) is 0 Å². The molecule has 0 aliphatic carbocycles. The van der Waals surface area contributed by atoms with Crippen LogP contribution in [0.5, 0.6) is 5.75 Å². The lowest BCUT2D eigenvalue weighted by Crippen LogP contribution is -2.14. The second-order valence-corrected chi connectivity index (χ2v) is 7.38. The summed E-state index contributed by atoms with van der Waals surface area (Å²) in [5.41, 5.74) is 2.26. The Labute approximate surface area is 137 Å². The molecule has 2 aromatic rings. The van der Waals surface area contributed by atoms with Gasteiger partial charge in [0.05, 0.1) is 17.5 Å². The van der Waals surface area contributed by atoms with Crippen molar-refractivity contribution in [2.45, 2.75) is 26.9 Å². The van der Waals surface area contributed by atoms with Crippen LogP contribution in [0.15, 0.2) is 48.5 Å². The highest BCUT2D eigenvalue weighted by atomic mass is 32.2. The van der Waals surface area contributed by atoms with E-state index in [1.807, 2.05) is 50.2 Å². The standard InChI is InChI=1S/C17H22N2O3S/c1-4-23(20,21)19-15-11-9-14(10-12-15)18-16-7-5-6-8-17(16)22-13(2)3/h5-13,18-19H,4H2,1-3H3. The van der Waals surface area contributed by atoms with Crippen LogP contribution >= 0.6 is 0 Å². The zero-order valence-electron chi connectivity index (χ0n) is 13.5. The number of anilines is 3. The largest absolute Gasteiger partial charge is 0.489 e. The molecule has 0 aliphatic rings. The summed E-state index contributed by atoms with van der Waals surface area (Å²) in [4.78, 5) is 0. The van der Waals surface area contributed by atoms with Gasteiger partial charge in [0, 0.05) is 11.4 Å². The molecule has 0 unspecified atom stereocenters. The van der Waals surface area contributed by atoms with E-state index < -0.39 is 10.0 Å². The fourth-order valence-electron chi connectivity index (χ4n) is 1.96. The summed E-state index contributed by atoms with van der Waals surface area (Å²) < 4.78 is 31.4. The quantitative estimate of drug-likeness (QED) is 0.804. The maximum Gasteiger partial charge on any atom is 0.232 e. The molecule has 6 heteroatoms. The second-order valence-electron chi connectivity index (χ2n) is 5.37. The maximum atomic E-state index is 11.5. The van der Waals surface area contributed by atoms with Gasteiger partial charge in [-0.1, -0.05) is 12.1 Å². The van der Waals surface area contributed by atoms with Crippen molar-refractivity contribution in [3.63, 3.8) is 0 Å². The summed E-state index contributed by atoms with van der Waals surface area (Å²) in [7, 11) is -3.25. The Morgan fingerprint density at radius 2 is 1.61 bits per heavy atom. The van der Waals surface area contributed by atoms with Gasteiger partial charge in [0.2, 0.25) is 10.0 Å². The Kier molecular flexibility index (Phi) is 5.50. The Morgan fingerprint density at radius 1 is 1.00 bits per heavy atom. The van der Waals surface area contributed by atoms with E-state index in [4.69, 9.17) is 4.74 Å². The minimum Gasteiger partial charge on any atom is -0.489 e. The minimum absolute atomic E-state index is 0.0485. The molecule has 0 heterocycles. The molecular weight excluding hydrogens is 312 g/mol. The van der Waals surface area contributed by atoms with E-state index >= 15 is 0 Å². The van der Waals surface area contributed by atoms with Crippen molar-refractivity contribution in [3.05, 3.63) is 48.5 Å². The molecule has 23 heavy (non-hydrogen) atoms. The van der Waals surface area contributed by atoms with E-state index in [0.29, 0.717) is 5.69 Å². The van der Waals surface area contributed by atoms with Gasteiger partial charge >= 0.3 is 0 Å². The third-order valence-corrected chi connectivity index (χ3v) is 4.37. The molecule has 2 N–H and O–H groups in total. The number of benzene rings is 2. The van der Waals surface area contributed by atoms with Crippen LogP contribution < -0.4 is 14.8 Å². The maximum absolute atomic E-state index is 11.5. The van der Waals surface area contributed by atoms with Gasteiger partial charge in [-0.3, -0.25) is 4.72 Å². The fourth-order valence-corrected chi connectivity index (χ4v) is 2.59. The first-order chi connectivity index (χ1) is 10.9. The van der Waals surface area contributed by atoms with Crippen LogP contribution in [0.1, 0.15) is 20.8 Å². The van der Waals surface area contributed by atoms with Gasteiger partial charge in [-0.05, 0) is 57.2 Å². The molecule has 2 rings (SSSR count). The van der Waals surface area contributed by atoms with E-state index in [1.165, 1.54) is 0 Å². The van der Waals surface area contributed by atoms with Crippen LogP contribution in [0, 0.1) is 0 Å². The lowest BCUT2D eigenvalue weighted by atomic mass is 10.2. The Morgan fingerprint density at radius 3 is 2.22 bits per heavy atom. The molecule has 0 saturated carbocycles. The van der Waals surface area contributed by atoms with Crippen LogP contribution in [-0.2, 0) is 10.0 Å². The van der Waals surface area contributed by atoms with Gasteiger partial charge in [-0.2, -0.15) is 0 Å². The van der Waals surface area contributed by atoms with Crippen LogP contribution in [0.4, 0.5) is 17.1 Å². The monoisotopic (exact) mass is 334 g/mol. The topological polar surface area (TPSA) is 67.4 Å². The van der Waals surface area contributed by atoms with Crippen LogP contribution in [-0.4, -0.2) is 20.3 Å². The highest BCUT2D eigenvalue weighted by molar-refractivity contribution is 7.92. The van der Waals surface area contributed by atoms with Crippen molar-refractivity contribution in [1.29, 1.82) is 0 Å². The summed E-state index contributed by atoms with van der Waals surface area (Å²) in [5, 5.41) is 3.28. The average molecular weight is 334 g/mol. The third kappa shape index (κ3) is 5.17. The number of sulfonamides is 1. The van der Waals surface area contributed by atoms with E-state index in [-0.39, 0.29) is 11.9 Å². The first kappa shape index (κ1) is 17.1. The molecule has 0 aromatic heterocycles. The smallest absolute Gasteiger partial charge is 0.232 e. The number of hydrogen-bond acceptors (Lipinski definition) is 4. The lowest BCUT2D eigenvalue weighted by Gasteiger charge is -2.15. The first-order valence-electron chi connectivity index (χ1n) is 7.53. The molecule has 0 spiro atoms. The van der Waals surface area contributed by atoms with Crippen molar-refractivity contribution in [2.24, 2.45) is 0 Å². The molecule has 0 aliphatic heterocycles. The Bertz CT molecular complexity index is 741. The predicted molar refractivity (Wildman–Crippen MR) is 95.0 cm³/mol. The molecule has 0 amide bonds. The van der Waals surface area contributed by atoms with Crippen molar-refractivity contribution in [2.75, 3.05) is 15.8 Å². The van der Waals surface area contributed by atoms with Gasteiger partial charge in [-0.15, -0.1) is 0 Å². The number of ether oxygens (including phenoxy) is 1. The number of rotatable bonds is 7. The van der Waals surface area contributed by atoms with Gasteiger partial charge in [0.15, 0.2) is 0 Å². The Hall–Kier alpha value is -2.21. The highest BCUT2D eigenvalue weighted by Gasteiger charge is 2.08. The number of hydrogen-bond donors (Lipinski definition) is 2. The highest BCUT2D eigenvalue weighted by Crippen LogP contribution is 2.28. The lowest BCUT2D eigenvalue weighted by molar-refractivity contribution is 0.244. The molecule has 5 nitrogen and oxygen atoms in total. The van der Waals surface area contributed by atoms with E-state index in [1.54, 1.807) is 19.1 Å². The zero-order valence-corrected chi connectivity index (χ0v) is 14.4. The number of nitrogens with one attached hydrogen (secondary N) is 2. The van der Waals surface area contributed by atoms with Crippen molar-refractivity contribution in [3.8, 4) is 5.75 Å². The molecule has 0 bridgehead atoms. The molecular formula is C17H22N2O3S. The Balaban J connectivity index is 2.13. The van der Waals surface area contributed by atoms with Crippen molar-refractivity contribution < 1.29 is 13.2 Å². The van der Waals surface area contributed by atoms with Gasteiger partial charge in [-0.25, -0.2) is 8.42 Å². The zero-order chi connectivity index (χ0) is 16.9. The molecule has 124 valence electrons. The predicted octanol–water partition coefficient (Wildman–Crippen LogP) is 3.98. The SMILES string of the molecule is CCS(=O)(=O)Nc1ccc(Nc2ccccc2OC(C)C)cc1. The summed E-state index contributed by atoms with van der Waals surface area (Å²) in [6.07, 6.45) is 0.0868. The van der Waals surface area contributed by atoms with Crippen LogP contribution in [0.25, 0.3) is 0 Å². The summed E-state index contributed by atoms with van der Waals surface area (Å²) in [5.74, 6) is 0.825. The third-order valence-electron chi connectivity index (χ3n) is 3.07. The molecule has 2 aromatic carbocycles. The van der Waals surface area contributed by atoms with Crippen LogP contribution in [0.3, 0.4) is 0 Å². The molecule has 0 saturated heterocycles. The van der Waals surface area contributed by atoms with Crippen molar-refractivity contribution in [1.82, 2.24) is 0 Å². The summed E-state index contributed by atoms with van der Waals surface area (Å²) in [6, 6.07) is 14.8. The number of para-hydroxylation sites is 2. The normalized spacial score (nSPS) is 11.3. The minimum atomic E-state index is -3.25. The van der Waals surface area contributed by atoms with Crippen molar-refractivity contribution >= 4 is 27.1 Å². The fraction of sp³-hybridized carbons (Fsp3) is 0.294. The van der Waals surface area contributed by atoms with E-state index in [2.05, 4.69) is 10.0 Å². The van der Waals surface area contributed by atoms with E-state index in [9.17, 15) is 8.42 Å². The first-order valence-corrected chi connectivity index (χ1v) is 9.18. The average Bonchev–Trinajstić information content (AvgIpc) is 2.50. The molecule has 0 atom stereocenters. The summed E-state index contributed by atoms with van der Waals surface area (Å²) in [6.45, 7) is 5.56. The molecule has 0 radical (unpaired) electrons. The van der Waals surface area contributed by atoms with Crippen LogP contribution in [0.2, 0.25) is 0 Å². The summed E-state index contributed by atoms with van der Waals surface area (Å²) >= 11 is 0. The van der Waals surface area contributed by atoms with Gasteiger partial charge in [0.1, 0.15) is 5.75 Å². The second kappa shape index (κ2) is 7.37. The molecule has 0 fully saturated rings. The van der Waals surface area contributed by atoms with Gasteiger partial charge < -0.3 is 10.1 Å². The van der Waals surface area contributed by atoms with E-state index in [0.717, 1.165) is 17.1 Å².